The number of nitrogens with one attached hydrogen (secondary N) is 3. The topological polar surface area (TPSA) is 122 Å². The highest BCUT2D eigenvalue weighted by Crippen LogP contribution is 2.26. The van der Waals surface area contributed by atoms with E-state index in [1.807, 2.05) is 6.92 Å². The molecule has 1 fully saturated rings. The van der Waals surface area contributed by atoms with Gasteiger partial charge in [-0.15, -0.1) is 20.4 Å². The van der Waals surface area contributed by atoms with Crippen molar-refractivity contribution in [3.05, 3.63) is 5.01 Å². The SMILES string of the molecule is Cc1nnc(NC(=O)CSc2nnc(NC(=O)NC3CCCCC3)s2)s1. The van der Waals surface area contributed by atoms with Gasteiger partial charge in [-0.05, 0) is 19.8 Å². The van der Waals surface area contributed by atoms with Crippen molar-refractivity contribution in [2.45, 2.75) is 49.4 Å². The summed E-state index contributed by atoms with van der Waals surface area (Å²) in [6.45, 7) is 1.82. The number of hydrogen-bond acceptors (Lipinski definition) is 9. The number of carbonyl (C=O) groups is 2. The Morgan fingerprint density at radius 3 is 2.50 bits per heavy atom. The highest BCUT2D eigenvalue weighted by Gasteiger charge is 2.17. The quantitative estimate of drug-likeness (QED) is 0.492. The van der Waals surface area contributed by atoms with Gasteiger partial charge in [0.05, 0.1) is 5.75 Å². The normalized spacial score (nSPS) is 14.8. The van der Waals surface area contributed by atoms with Crippen LogP contribution in [0.25, 0.3) is 0 Å². The van der Waals surface area contributed by atoms with E-state index in [0.717, 1.165) is 30.7 Å². The Morgan fingerprint density at radius 1 is 1.04 bits per heavy atom. The van der Waals surface area contributed by atoms with E-state index in [1.54, 1.807) is 0 Å². The average Bonchev–Trinajstić information content (AvgIpc) is 3.22. The molecule has 140 valence electrons. The molecular weight excluding hydrogens is 394 g/mol. The van der Waals surface area contributed by atoms with E-state index in [4.69, 9.17) is 0 Å². The fourth-order valence-electron chi connectivity index (χ4n) is 2.51. The molecule has 2 heterocycles. The fraction of sp³-hybridized carbons (Fsp3) is 0.571. The lowest BCUT2D eigenvalue weighted by Gasteiger charge is -2.22. The number of aryl methyl sites for hydroxylation is 1. The summed E-state index contributed by atoms with van der Waals surface area (Å²) < 4.78 is 0.613. The molecular formula is C14H19N7O2S3. The van der Waals surface area contributed by atoms with Gasteiger partial charge in [-0.25, -0.2) is 4.79 Å². The number of urea groups is 1. The summed E-state index contributed by atoms with van der Waals surface area (Å²) in [6.07, 6.45) is 5.59. The zero-order valence-corrected chi connectivity index (χ0v) is 16.6. The Balaban J connectivity index is 1.41. The third-order valence-corrected chi connectivity index (χ3v) is 6.39. The molecule has 1 aliphatic carbocycles. The van der Waals surface area contributed by atoms with E-state index < -0.39 is 0 Å². The van der Waals surface area contributed by atoms with Gasteiger partial charge >= 0.3 is 6.03 Å². The molecule has 0 spiro atoms. The Bertz CT molecular complexity index is 757. The maximum absolute atomic E-state index is 12.0. The Labute approximate surface area is 162 Å². The zero-order chi connectivity index (χ0) is 18.4. The predicted octanol–water partition coefficient (Wildman–Crippen LogP) is 2.88. The van der Waals surface area contributed by atoms with Gasteiger partial charge in [-0.3, -0.25) is 15.4 Å². The van der Waals surface area contributed by atoms with Crippen LogP contribution in [0.1, 0.15) is 37.1 Å². The number of hydrogen-bond donors (Lipinski definition) is 3. The number of carbonyl (C=O) groups excluding carboxylic acids is 2. The fourth-order valence-corrected chi connectivity index (χ4v) is 4.67. The monoisotopic (exact) mass is 413 g/mol. The third-order valence-electron chi connectivity index (χ3n) is 3.67. The van der Waals surface area contributed by atoms with Crippen molar-refractivity contribution in [1.29, 1.82) is 0 Å². The molecule has 12 heteroatoms. The molecule has 2 aromatic rings. The summed E-state index contributed by atoms with van der Waals surface area (Å²) >= 11 is 3.81. The van der Waals surface area contributed by atoms with Gasteiger partial charge in [0.2, 0.25) is 16.2 Å². The standard InChI is InChI=1S/C14H19N7O2S3/c1-8-18-19-12(25-8)16-10(22)7-24-14-21-20-13(26-14)17-11(23)15-9-5-3-2-4-6-9/h9H,2-7H2,1H3,(H,16,19,22)(H2,15,17,20,23). The van der Waals surface area contributed by atoms with Crippen LogP contribution in [0.3, 0.4) is 0 Å². The Hall–Kier alpha value is -1.79. The van der Waals surface area contributed by atoms with E-state index in [9.17, 15) is 9.59 Å². The number of nitrogens with zero attached hydrogens (tertiary/aromatic N) is 4. The maximum Gasteiger partial charge on any atom is 0.321 e. The van der Waals surface area contributed by atoms with Gasteiger partial charge in [0.1, 0.15) is 5.01 Å². The Morgan fingerprint density at radius 2 is 1.77 bits per heavy atom. The van der Waals surface area contributed by atoms with E-state index >= 15 is 0 Å². The van der Waals surface area contributed by atoms with Crippen molar-refractivity contribution in [3.63, 3.8) is 0 Å². The molecule has 0 aliphatic heterocycles. The van der Waals surface area contributed by atoms with Crippen molar-refractivity contribution in [3.8, 4) is 0 Å². The predicted molar refractivity (Wildman–Crippen MR) is 103 cm³/mol. The summed E-state index contributed by atoms with van der Waals surface area (Å²) in [5.41, 5.74) is 0. The largest absolute Gasteiger partial charge is 0.335 e. The summed E-state index contributed by atoms with van der Waals surface area (Å²) in [7, 11) is 0. The molecule has 0 radical (unpaired) electrons. The molecule has 3 amide bonds. The molecule has 0 bridgehead atoms. The summed E-state index contributed by atoms with van der Waals surface area (Å²) in [5.74, 6) is -0.00691. The van der Waals surface area contributed by atoms with Crippen molar-refractivity contribution in [2.75, 3.05) is 16.4 Å². The van der Waals surface area contributed by atoms with Gasteiger partial charge in [-0.1, -0.05) is 53.7 Å². The highest BCUT2D eigenvalue weighted by molar-refractivity contribution is 8.01. The van der Waals surface area contributed by atoms with E-state index in [0.29, 0.717) is 14.6 Å². The highest BCUT2D eigenvalue weighted by atomic mass is 32.2. The number of rotatable bonds is 6. The molecule has 0 atom stereocenters. The van der Waals surface area contributed by atoms with Crippen LogP contribution < -0.4 is 16.0 Å². The molecule has 1 saturated carbocycles. The van der Waals surface area contributed by atoms with Crippen LogP contribution in [0.4, 0.5) is 15.1 Å². The van der Waals surface area contributed by atoms with Crippen LogP contribution in [-0.2, 0) is 4.79 Å². The van der Waals surface area contributed by atoms with Crippen LogP contribution in [0.2, 0.25) is 0 Å². The first kappa shape index (κ1) is 19.0. The number of anilines is 2. The van der Waals surface area contributed by atoms with Crippen molar-refractivity contribution >= 4 is 56.6 Å². The Kier molecular flexibility index (Phi) is 6.74. The van der Waals surface area contributed by atoms with Crippen LogP contribution in [0, 0.1) is 6.92 Å². The minimum Gasteiger partial charge on any atom is -0.335 e. The number of amides is 3. The molecule has 3 rings (SSSR count). The molecule has 3 N–H and O–H groups in total. The molecule has 26 heavy (non-hydrogen) atoms. The van der Waals surface area contributed by atoms with E-state index in [1.165, 1.54) is 40.9 Å². The second-order valence-electron chi connectivity index (χ2n) is 5.77. The minimum absolute atomic E-state index is 0.182. The van der Waals surface area contributed by atoms with Gasteiger partial charge in [0, 0.05) is 6.04 Å². The van der Waals surface area contributed by atoms with Gasteiger partial charge in [0.25, 0.3) is 0 Å². The molecule has 9 nitrogen and oxygen atoms in total. The molecule has 1 aliphatic rings. The first-order valence-corrected chi connectivity index (χ1v) is 10.8. The van der Waals surface area contributed by atoms with Gasteiger partial charge < -0.3 is 5.32 Å². The molecule has 2 aromatic heterocycles. The third kappa shape index (κ3) is 5.88. The number of aromatic nitrogens is 4. The first-order valence-electron chi connectivity index (χ1n) is 8.22. The smallest absolute Gasteiger partial charge is 0.321 e. The average molecular weight is 414 g/mol. The summed E-state index contributed by atoms with van der Waals surface area (Å²) in [5, 5.41) is 25.6. The molecule has 0 aromatic carbocycles. The lowest BCUT2D eigenvalue weighted by molar-refractivity contribution is -0.113. The molecule has 0 saturated heterocycles. The van der Waals surface area contributed by atoms with Crippen molar-refractivity contribution in [2.24, 2.45) is 0 Å². The number of thioether (sulfide) groups is 1. The second-order valence-corrected chi connectivity index (χ2v) is 9.15. The van der Waals surface area contributed by atoms with Gasteiger partial charge in [0.15, 0.2) is 4.34 Å². The lowest BCUT2D eigenvalue weighted by Crippen LogP contribution is -2.38. The lowest BCUT2D eigenvalue weighted by atomic mass is 9.96. The summed E-state index contributed by atoms with van der Waals surface area (Å²) in [6, 6.07) is -0.0211. The van der Waals surface area contributed by atoms with Crippen LogP contribution >= 0.6 is 34.4 Å². The minimum atomic E-state index is -0.256. The van der Waals surface area contributed by atoms with E-state index in [-0.39, 0.29) is 23.7 Å². The second kappa shape index (κ2) is 9.24. The first-order chi connectivity index (χ1) is 12.6. The van der Waals surface area contributed by atoms with Crippen LogP contribution in [-0.4, -0.2) is 44.1 Å². The maximum atomic E-state index is 12.0. The van der Waals surface area contributed by atoms with Gasteiger partial charge in [-0.2, -0.15) is 0 Å². The zero-order valence-electron chi connectivity index (χ0n) is 14.2. The van der Waals surface area contributed by atoms with E-state index in [2.05, 4.69) is 36.3 Å². The van der Waals surface area contributed by atoms with Crippen molar-refractivity contribution in [1.82, 2.24) is 25.7 Å². The van der Waals surface area contributed by atoms with Crippen LogP contribution in [0.5, 0.6) is 0 Å². The molecule has 0 unspecified atom stereocenters. The van der Waals surface area contributed by atoms with Crippen LogP contribution in [0.15, 0.2) is 4.34 Å². The van der Waals surface area contributed by atoms with Crippen molar-refractivity contribution < 1.29 is 9.59 Å². The summed E-state index contributed by atoms with van der Waals surface area (Å²) in [4.78, 5) is 23.9.